The first-order chi connectivity index (χ1) is 12.8. The topological polar surface area (TPSA) is 84.5 Å². The van der Waals surface area contributed by atoms with Gasteiger partial charge in [0.1, 0.15) is 11.5 Å². The third-order valence-corrected chi connectivity index (χ3v) is 6.52. The Hall–Kier alpha value is -2.38. The second-order valence-corrected chi connectivity index (χ2v) is 9.22. The summed E-state index contributed by atoms with van der Waals surface area (Å²) in [6.45, 7) is 3.34. The van der Waals surface area contributed by atoms with Gasteiger partial charge in [-0.3, -0.25) is 4.79 Å². The van der Waals surface area contributed by atoms with Crippen molar-refractivity contribution in [2.75, 3.05) is 7.05 Å². The molecule has 0 aromatic heterocycles. The molecule has 1 aliphatic carbocycles. The lowest BCUT2D eigenvalue weighted by Gasteiger charge is -2.14. The first-order valence-electron chi connectivity index (χ1n) is 8.91. The molecule has 2 aromatic carbocycles. The average Bonchev–Trinajstić information content (AvgIpc) is 3.01. The first-order valence-corrected chi connectivity index (χ1v) is 10.5. The number of benzene rings is 2. The van der Waals surface area contributed by atoms with E-state index in [1.165, 1.54) is 0 Å². The zero-order valence-corrected chi connectivity index (χ0v) is 16.5. The SMILES string of the molecule is CNC(=O)c1cccc(Oc2ccc3c(c2)C[C@@H](NS(=O)(=O)C(C)C)C3)c1. The van der Waals surface area contributed by atoms with Crippen LogP contribution in [0.4, 0.5) is 0 Å². The van der Waals surface area contributed by atoms with Gasteiger partial charge in [0.25, 0.3) is 5.91 Å². The molecule has 1 amide bonds. The van der Waals surface area contributed by atoms with E-state index >= 15 is 0 Å². The third-order valence-electron chi connectivity index (χ3n) is 4.62. The quantitative estimate of drug-likeness (QED) is 0.797. The summed E-state index contributed by atoms with van der Waals surface area (Å²) < 4.78 is 32.9. The van der Waals surface area contributed by atoms with Gasteiger partial charge in [0.2, 0.25) is 10.0 Å². The highest BCUT2D eigenvalue weighted by Gasteiger charge is 2.27. The van der Waals surface area contributed by atoms with E-state index in [1.54, 1.807) is 45.2 Å². The lowest BCUT2D eigenvalue weighted by Crippen LogP contribution is -2.39. The van der Waals surface area contributed by atoms with E-state index < -0.39 is 15.3 Å². The van der Waals surface area contributed by atoms with Gasteiger partial charge < -0.3 is 10.1 Å². The number of hydrogen-bond donors (Lipinski definition) is 2. The zero-order valence-electron chi connectivity index (χ0n) is 15.7. The highest BCUT2D eigenvalue weighted by molar-refractivity contribution is 7.90. The Bertz CT molecular complexity index is 954. The van der Waals surface area contributed by atoms with Gasteiger partial charge in [0.05, 0.1) is 5.25 Å². The molecule has 0 saturated carbocycles. The second kappa shape index (κ2) is 7.70. The maximum absolute atomic E-state index is 12.1. The van der Waals surface area contributed by atoms with E-state index in [-0.39, 0.29) is 11.9 Å². The Labute approximate surface area is 160 Å². The van der Waals surface area contributed by atoms with Crippen LogP contribution in [0.1, 0.15) is 35.3 Å². The Kier molecular flexibility index (Phi) is 5.53. The number of hydrogen-bond acceptors (Lipinski definition) is 4. The first kappa shape index (κ1) is 19.4. The predicted octanol–water partition coefficient (Wildman–Crippen LogP) is 2.63. The molecule has 144 valence electrons. The van der Waals surface area contributed by atoms with Crippen molar-refractivity contribution in [1.82, 2.24) is 10.0 Å². The number of sulfonamides is 1. The van der Waals surface area contributed by atoms with Crippen molar-refractivity contribution in [2.24, 2.45) is 0 Å². The number of carbonyl (C=O) groups is 1. The Morgan fingerprint density at radius 3 is 2.48 bits per heavy atom. The van der Waals surface area contributed by atoms with Crippen LogP contribution in [0.3, 0.4) is 0 Å². The van der Waals surface area contributed by atoms with E-state index in [9.17, 15) is 13.2 Å². The van der Waals surface area contributed by atoms with Gasteiger partial charge in [-0.15, -0.1) is 0 Å². The van der Waals surface area contributed by atoms with Gasteiger partial charge >= 0.3 is 0 Å². The van der Waals surface area contributed by atoms with E-state index in [2.05, 4.69) is 10.0 Å². The van der Waals surface area contributed by atoms with E-state index in [0.717, 1.165) is 11.1 Å². The summed E-state index contributed by atoms with van der Waals surface area (Å²) in [6.07, 6.45) is 1.31. The number of amides is 1. The molecular formula is C20H24N2O4S. The van der Waals surface area contributed by atoms with Crippen LogP contribution in [-0.2, 0) is 22.9 Å². The molecular weight excluding hydrogens is 364 g/mol. The van der Waals surface area contributed by atoms with Gasteiger partial charge in [-0.25, -0.2) is 13.1 Å². The maximum atomic E-state index is 12.1. The standard InChI is InChI=1S/C20H24N2O4S/c1-13(2)27(24,25)22-17-9-14-7-8-19(12-16(14)10-17)26-18-6-4-5-15(11-18)20(23)21-3/h4-8,11-13,17,22H,9-10H2,1-3H3,(H,21,23)/t17-/m0/s1. The summed E-state index contributed by atoms with van der Waals surface area (Å²) >= 11 is 0. The van der Waals surface area contributed by atoms with Gasteiger partial charge in [-0.1, -0.05) is 12.1 Å². The smallest absolute Gasteiger partial charge is 0.251 e. The lowest BCUT2D eigenvalue weighted by atomic mass is 10.1. The van der Waals surface area contributed by atoms with E-state index in [1.807, 2.05) is 18.2 Å². The Morgan fingerprint density at radius 1 is 1.07 bits per heavy atom. The summed E-state index contributed by atoms with van der Waals surface area (Å²) in [4.78, 5) is 11.7. The molecule has 3 rings (SSSR count). The number of ether oxygens (including phenoxy) is 1. The molecule has 0 aliphatic heterocycles. The Morgan fingerprint density at radius 2 is 1.78 bits per heavy atom. The van der Waals surface area contributed by atoms with Crippen LogP contribution in [0.15, 0.2) is 42.5 Å². The summed E-state index contributed by atoms with van der Waals surface area (Å²) in [6, 6.07) is 12.6. The van der Waals surface area contributed by atoms with Crippen LogP contribution < -0.4 is 14.8 Å². The molecule has 0 heterocycles. The van der Waals surface area contributed by atoms with Crippen LogP contribution in [-0.4, -0.2) is 32.7 Å². The fourth-order valence-corrected chi connectivity index (χ4v) is 3.99. The summed E-state index contributed by atoms with van der Waals surface area (Å²) in [5.41, 5.74) is 2.73. The second-order valence-electron chi connectivity index (χ2n) is 6.96. The molecule has 1 atom stereocenters. The summed E-state index contributed by atoms with van der Waals surface area (Å²) in [5.74, 6) is 1.07. The van der Waals surface area contributed by atoms with Crippen molar-refractivity contribution < 1.29 is 17.9 Å². The molecule has 0 bridgehead atoms. The van der Waals surface area contributed by atoms with Crippen molar-refractivity contribution in [3.63, 3.8) is 0 Å². The zero-order chi connectivity index (χ0) is 19.6. The normalized spacial score (nSPS) is 16.2. The molecule has 6 nitrogen and oxygen atoms in total. The van der Waals surface area contributed by atoms with Gasteiger partial charge in [0.15, 0.2) is 0 Å². The summed E-state index contributed by atoms with van der Waals surface area (Å²) in [5, 5.41) is 2.14. The number of rotatable bonds is 6. The van der Waals surface area contributed by atoms with Gasteiger partial charge in [-0.2, -0.15) is 0 Å². The minimum absolute atomic E-state index is 0.126. The predicted molar refractivity (Wildman–Crippen MR) is 105 cm³/mol. The van der Waals surface area contributed by atoms with Crippen molar-refractivity contribution in [2.45, 2.75) is 38.0 Å². The van der Waals surface area contributed by atoms with E-state index in [4.69, 9.17) is 4.74 Å². The van der Waals surface area contributed by atoms with Crippen molar-refractivity contribution in [3.05, 3.63) is 59.2 Å². The van der Waals surface area contributed by atoms with Crippen LogP contribution >= 0.6 is 0 Å². The van der Waals surface area contributed by atoms with Crippen molar-refractivity contribution in [3.8, 4) is 11.5 Å². The number of fused-ring (bicyclic) bond motifs is 1. The number of carbonyl (C=O) groups excluding carboxylic acids is 1. The molecule has 0 fully saturated rings. The molecule has 2 N–H and O–H groups in total. The monoisotopic (exact) mass is 388 g/mol. The van der Waals surface area contributed by atoms with Crippen molar-refractivity contribution >= 4 is 15.9 Å². The highest BCUT2D eigenvalue weighted by atomic mass is 32.2. The number of nitrogens with one attached hydrogen (secondary N) is 2. The maximum Gasteiger partial charge on any atom is 0.251 e. The fourth-order valence-electron chi connectivity index (χ4n) is 3.09. The fraction of sp³-hybridized carbons (Fsp3) is 0.350. The molecule has 2 aromatic rings. The highest BCUT2D eigenvalue weighted by Crippen LogP contribution is 2.30. The minimum atomic E-state index is -3.29. The van der Waals surface area contributed by atoms with Gasteiger partial charge in [-0.05, 0) is 68.1 Å². The molecule has 0 unspecified atom stereocenters. The molecule has 27 heavy (non-hydrogen) atoms. The van der Waals surface area contributed by atoms with Gasteiger partial charge in [0, 0.05) is 18.7 Å². The van der Waals surface area contributed by atoms with Crippen LogP contribution in [0.2, 0.25) is 0 Å². The molecule has 1 aliphatic rings. The third kappa shape index (κ3) is 4.48. The lowest BCUT2D eigenvalue weighted by molar-refractivity contribution is 0.0962. The average molecular weight is 388 g/mol. The van der Waals surface area contributed by atoms with Crippen molar-refractivity contribution in [1.29, 1.82) is 0 Å². The summed E-state index contributed by atoms with van der Waals surface area (Å²) in [7, 11) is -1.71. The molecule has 0 saturated heterocycles. The van der Waals surface area contributed by atoms with E-state index in [0.29, 0.717) is 29.9 Å². The molecule has 0 spiro atoms. The molecule has 7 heteroatoms. The largest absolute Gasteiger partial charge is 0.457 e. The van der Waals surface area contributed by atoms with Crippen LogP contribution in [0, 0.1) is 0 Å². The minimum Gasteiger partial charge on any atom is -0.457 e. The molecule has 0 radical (unpaired) electrons. The Balaban J connectivity index is 1.72. The van der Waals surface area contributed by atoms with Crippen LogP contribution in [0.25, 0.3) is 0 Å². The van der Waals surface area contributed by atoms with Crippen LogP contribution in [0.5, 0.6) is 11.5 Å².